The summed E-state index contributed by atoms with van der Waals surface area (Å²) in [6.07, 6.45) is 4.13. The molecule has 0 bridgehead atoms. The molecule has 0 aliphatic rings. The molecule has 0 amide bonds. The smallest absolute Gasteiger partial charge is 0.226 e. The Morgan fingerprint density at radius 1 is 1.24 bits per heavy atom. The topological polar surface area (TPSA) is 75.3 Å². The summed E-state index contributed by atoms with van der Waals surface area (Å²) in [5.74, 6) is 3.00. The molecule has 21 heavy (non-hydrogen) atoms. The highest BCUT2D eigenvalue weighted by atomic mass is 127. The van der Waals surface area contributed by atoms with Crippen LogP contribution in [0.2, 0.25) is 0 Å². The van der Waals surface area contributed by atoms with Gasteiger partial charge in [-0.15, -0.1) is 24.0 Å². The zero-order valence-electron chi connectivity index (χ0n) is 13.5. The van der Waals surface area contributed by atoms with Gasteiger partial charge in [-0.05, 0) is 32.1 Å². The third-order valence-electron chi connectivity index (χ3n) is 2.90. The SMILES string of the molecule is CN=C(NCCCc1nc(C)no1)NCCCC(C)C.I. The van der Waals surface area contributed by atoms with Gasteiger partial charge in [0.05, 0.1) is 0 Å². The second-order valence-corrected chi connectivity index (χ2v) is 5.30. The minimum absolute atomic E-state index is 0. The molecule has 0 aromatic carbocycles. The molecule has 0 spiro atoms. The fraction of sp³-hybridized carbons (Fsp3) is 0.786. The molecule has 0 unspecified atom stereocenters. The van der Waals surface area contributed by atoms with Gasteiger partial charge in [0.2, 0.25) is 5.89 Å². The summed E-state index contributed by atoms with van der Waals surface area (Å²) in [7, 11) is 1.79. The predicted molar refractivity (Wildman–Crippen MR) is 96.2 cm³/mol. The third-order valence-corrected chi connectivity index (χ3v) is 2.90. The molecule has 1 heterocycles. The van der Waals surface area contributed by atoms with Crippen molar-refractivity contribution in [1.29, 1.82) is 0 Å². The molecule has 0 fully saturated rings. The van der Waals surface area contributed by atoms with Crippen molar-refractivity contribution in [3.8, 4) is 0 Å². The highest BCUT2D eigenvalue weighted by molar-refractivity contribution is 14.0. The van der Waals surface area contributed by atoms with Crippen LogP contribution in [0.5, 0.6) is 0 Å². The molecule has 122 valence electrons. The van der Waals surface area contributed by atoms with Gasteiger partial charge in [-0.3, -0.25) is 4.99 Å². The number of aryl methyl sites for hydroxylation is 2. The Kier molecular flexibility index (Phi) is 11.3. The molecule has 1 aromatic heterocycles. The van der Waals surface area contributed by atoms with Crippen LogP contribution in [0.1, 0.15) is 44.8 Å². The highest BCUT2D eigenvalue weighted by Crippen LogP contribution is 2.01. The number of nitrogens with zero attached hydrogens (tertiary/aromatic N) is 3. The summed E-state index contributed by atoms with van der Waals surface area (Å²) in [4.78, 5) is 8.37. The maximum Gasteiger partial charge on any atom is 0.226 e. The van der Waals surface area contributed by atoms with Crippen LogP contribution in [0.15, 0.2) is 9.52 Å². The van der Waals surface area contributed by atoms with Crippen LogP contribution < -0.4 is 10.6 Å². The normalized spacial score (nSPS) is 11.4. The van der Waals surface area contributed by atoms with E-state index in [1.54, 1.807) is 7.05 Å². The third kappa shape index (κ3) is 9.65. The zero-order valence-corrected chi connectivity index (χ0v) is 15.8. The number of halogens is 1. The summed E-state index contributed by atoms with van der Waals surface area (Å²) in [5, 5.41) is 10.4. The van der Waals surface area contributed by atoms with Gasteiger partial charge < -0.3 is 15.2 Å². The Morgan fingerprint density at radius 2 is 1.90 bits per heavy atom. The second-order valence-electron chi connectivity index (χ2n) is 5.30. The Labute approximate surface area is 144 Å². The van der Waals surface area contributed by atoms with E-state index in [4.69, 9.17) is 4.52 Å². The number of hydrogen-bond acceptors (Lipinski definition) is 4. The molecule has 7 heteroatoms. The molecule has 2 N–H and O–H groups in total. The lowest BCUT2D eigenvalue weighted by atomic mass is 10.1. The van der Waals surface area contributed by atoms with Crippen molar-refractivity contribution in [2.45, 2.75) is 46.5 Å². The summed E-state index contributed by atoms with van der Waals surface area (Å²) >= 11 is 0. The minimum atomic E-state index is 0. The Balaban J connectivity index is 0.00000400. The van der Waals surface area contributed by atoms with Crippen molar-refractivity contribution in [2.75, 3.05) is 20.1 Å². The van der Waals surface area contributed by atoms with Crippen molar-refractivity contribution >= 4 is 29.9 Å². The zero-order chi connectivity index (χ0) is 14.8. The molecular formula is C14H28IN5O. The van der Waals surface area contributed by atoms with Gasteiger partial charge in [-0.25, -0.2) is 0 Å². The quantitative estimate of drug-likeness (QED) is 0.299. The molecular weight excluding hydrogens is 381 g/mol. The van der Waals surface area contributed by atoms with E-state index in [0.717, 1.165) is 37.8 Å². The summed E-state index contributed by atoms with van der Waals surface area (Å²) in [6, 6.07) is 0. The summed E-state index contributed by atoms with van der Waals surface area (Å²) in [5.41, 5.74) is 0. The monoisotopic (exact) mass is 409 g/mol. The molecule has 0 aliphatic carbocycles. The van der Waals surface area contributed by atoms with E-state index in [2.05, 4.69) is 39.6 Å². The van der Waals surface area contributed by atoms with Crippen LogP contribution in [0.3, 0.4) is 0 Å². The first-order valence-corrected chi connectivity index (χ1v) is 7.35. The van der Waals surface area contributed by atoms with Crippen LogP contribution in [-0.4, -0.2) is 36.2 Å². The van der Waals surface area contributed by atoms with Crippen LogP contribution in [0.25, 0.3) is 0 Å². The van der Waals surface area contributed by atoms with Crippen molar-refractivity contribution in [2.24, 2.45) is 10.9 Å². The van der Waals surface area contributed by atoms with Gasteiger partial charge in [0.15, 0.2) is 11.8 Å². The van der Waals surface area contributed by atoms with E-state index in [0.29, 0.717) is 11.7 Å². The molecule has 0 aliphatic heterocycles. The van der Waals surface area contributed by atoms with Crippen LogP contribution in [-0.2, 0) is 6.42 Å². The van der Waals surface area contributed by atoms with Crippen LogP contribution in [0, 0.1) is 12.8 Å². The molecule has 0 saturated carbocycles. The fourth-order valence-electron chi connectivity index (χ4n) is 1.83. The number of rotatable bonds is 8. The molecule has 6 nitrogen and oxygen atoms in total. The summed E-state index contributed by atoms with van der Waals surface area (Å²) in [6.45, 7) is 8.11. The Bertz CT molecular complexity index is 406. The van der Waals surface area contributed by atoms with Gasteiger partial charge in [-0.2, -0.15) is 4.98 Å². The maximum absolute atomic E-state index is 5.06. The van der Waals surface area contributed by atoms with Crippen molar-refractivity contribution in [3.63, 3.8) is 0 Å². The lowest BCUT2D eigenvalue weighted by Crippen LogP contribution is -2.38. The number of aromatic nitrogens is 2. The second kappa shape index (κ2) is 11.8. The number of guanidine groups is 1. The van der Waals surface area contributed by atoms with Crippen molar-refractivity contribution < 1.29 is 4.52 Å². The number of aliphatic imine (C=N–C) groups is 1. The van der Waals surface area contributed by atoms with Gasteiger partial charge in [0.1, 0.15) is 0 Å². The van der Waals surface area contributed by atoms with Crippen molar-refractivity contribution in [1.82, 2.24) is 20.8 Å². The van der Waals surface area contributed by atoms with E-state index < -0.39 is 0 Å². The molecule has 0 atom stereocenters. The van der Waals surface area contributed by atoms with E-state index in [1.165, 1.54) is 12.8 Å². The Hall–Kier alpha value is -0.860. The van der Waals surface area contributed by atoms with Crippen LogP contribution >= 0.6 is 24.0 Å². The summed E-state index contributed by atoms with van der Waals surface area (Å²) < 4.78 is 5.06. The average molecular weight is 409 g/mol. The lowest BCUT2D eigenvalue weighted by molar-refractivity contribution is 0.372. The first kappa shape index (κ1) is 20.1. The highest BCUT2D eigenvalue weighted by Gasteiger charge is 2.02. The van der Waals surface area contributed by atoms with Crippen molar-refractivity contribution in [3.05, 3.63) is 11.7 Å². The molecule has 0 radical (unpaired) electrons. The largest absolute Gasteiger partial charge is 0.356 e. The first-order chi connectivity index (χ1) is 9.61. The van der Waals surface area contributed by atoms with E-state index in [1.807, 2.05) is 6.92 Å². The van der Waals surface area contributed by atoms with Gasteiger partial charge >= 0.3 is 0 Å². The average Bonchev–Trinajstić information content (AvgIpc) is 2.82. The maximum atomic E-state index is 5.06. The van der Waals surface area contributed by atoms with Crippen LogP contribution in [0.4, 0.5) is 0 Å². The van der Waals surface area contributed by atoms with E-state index in [9.17, 15) is 0 Å². The fourth-order valence-corrected chi connectivity index (χ4v) is 1.83. The van der Waals surface area contributed by atoms with Gasteiger partial charge in [0, 0.05) is 26.6 Å². The number of nitrogens with one attached hydrogen (secondary N) is 2. The minimum Gasteiger partial charge on any atom is -0.356 e. The van der Waals surface area contributed by atoms with Gasteiger partial charge in [0.25, 0.3) is 0 Å². The number of hydrogen-bond donors (Lipinski definition) is 2. The van der Waals surface area contributed by atoms with E-state index in [-0.39, 0.29) is 24.0 Å². The van der Waals surface area contributed by atoms with E-state index >= 15 is 0 Å². The Morgan fingerprint density at radius 3 is 2.43 bits per heavy atom. The molecule has 1 aromatic rings. The molecule has 1 rings (SSSR count). The predicted octanol–water partition coefficient (Wildman–Crippen LogP) is 2.53. The van der Waals surface area contributed by atoms with Gasteiger partial charge in [-0.1, -0.05) is 19.0 Å². The standard InChI is InChI=1S/C14H27N5O.HI/c1-11(2)7-5-9-16-14(15-4)17-10-6-8-13-18-12(3)19-20-13;/h11H,5-10H2,1-4H3,(H2,15,16,17);1H. The lowest BCUT2D eigenvalue weighted by Gasteiger charge is -2.12. The first-order valence-electron chi connectivity index (χ1n) is 7.35. The molecule has 0 saturated heterocycles.